The minimum atomic E-state index is 0.313. The molecule has 0 bridgehead atoms. The third-order valence-corrected chi connectivity index (χ3v) is 5.53. The van der Waals surface area contributed by atoms with Gasteiger partial charge in [-0.1, -0.05) is 36.8 Å². The van der Waals surface area contributed by atoms with Gasteiger partial charge in [0.05, 0.1) is 0 Å². The summed E-state index contributed by atoms with van der Waals surface area (Å²) in [5.41, 5.74) is 1.25. The predicted octanol–water partition coefficient (Wildman–Crippen LogP) is 3.11. The normalized spacial score (nSPS) is 19.7. The highest BCUT2D eigenvalue weighted by molar-refractivity contribution is 5.76. The van der Waals surface area contributed by atoms with Gasteiger partial charge in [-0.2, -0.15) is 0 Å². The molecule has 1 aromatic rings. The van der Waals surface area contributed by atoms with Gasteiger partial charge in [0.1, 0.15) is 0 Å². The average Bonchev–Trinajstić information content (AvgIpc) is 2.69. The minimum absolute atomic E-state index is 0.313. The van der Waals surface area contributed by atoms with Crippen molar-refractivity contribution in [3.05, 3.63) is 35.9 Å². The number of carbonyl (C=O) groups is 1. The van der Waals surface area contributed by atoms with E-state index in [1.54, 1.807) is 0 Å². The van der Waals surface area contributed by atoms with E-state index in [0.717, 1.165) is 45.6 Å². The summed E-state index contributed by atoms with van der Waals surface area (Å²) in [6.07, 6.45) is 7.38. The number of amides is 1. The van der Waals surface area contributed by atoms with E-state index in [4.69, 9.17) is 4.74 Å². The second-order valence-electron chi connectivity index (χ2n) is 7.32. The number of nitrogens with zero attached hydrogens (tertiary/aromatic N) is 2. The zero-order valence-corrected chi connectivity index (χ0v) is 15.4. The van der Waals surface area contributed by atoms with Gasteiger partial charge in [0.15, 0.2) is 0 Å². The molecule has 25 heavy (non-hydrogen) atoms. The van der Waals surface area contributed by atoms with Crippen LogP contribution >= 0.6 is 0 Å². The van der Waals surface area contributed by atoms with Gasteiger partial charge in [-0.05, 0) is 50.8 Å². The Morgan fingerprint density at radius 2 is 1.80 bits per heavy atom. The van der Waals surface area contributed by atoms with Crippen LogP contribution in [0, 0.1) is 0 Å². The summed E-state index contributed by atoms with van der Waals surface area (Å²) in [5, 5.41) is 0. The number of ether oxygens (including phenoxy) is 1. The Hall–Kier alpha value is -1.39. The highest BCUT2D eigenvalue weighted by Gasteiger charge is 2.26. The monoisotopic (exact) mass is 344 g/mol. The lowest BCUT2D eigenvalue weighted by atomic mass is 10.0. The lowest BCUT2D eigenvalue weighted by Gasteiger charge is -2.36. The van der Waals surface area contributed by atoms with Crippen LogP contribution in [-0.2, 0) is 16.0 Å². The van der Waals surface area contributed by atoms with Crippen LogP contribution in [0.25, 0.3) is 0 Å². The summed E-state index contributed by atoms with van der Waals surface area (Å²) in [4.78, 5) is 17.6. The molecule has 4 nitrogen and oxygen atoms in total. The van der Waals surface area contributed by atoms with Crippen molar-refractivity contribution >= 4 is 5.91 Å². The summed E-state index contributed by atoms with van der Waals surface area (Å²) in [6.45, 7) is 5.86. The van der Waals surface area contributed by atoms with Gasteiger partial charge in [0, 0.05) is 38.8 Å². The van der Waals surface area contributed by atoms with Crippen molar-refractivity contribution in [1.29, 1.82) is 0 Å². The molecule has 0 N–H and O–H groups in total. The number of hydrogen-bond donors (Lipinski definition) is 0. The molecule has 4 heteroatoms. The second-order valence-corrected chi connectivity index (χ2v) is 7.32. The molecule has 0 atom stereocenters. The van der Waals surface area contributed by atoms with Gasteiger partial charge in [0.2, 0.25) is 5.91 Å². The Kier molecular flexibility index (Phi) is 7.31. The summed E-state index contributed by atoms with van der Waals surface area (Å²) >= 11 is 0. The maximum Gasteiger partial charge on any atom is 0.223 e. The fourth-order valence-corrected chi connectivity index (χ4v) is 3.98. The molecule has 0 unspecified atom stereocenters. The van der Waals surface area contributed by atoms with Gasteiger partial charge in [-0.15, -0.1) is 0 Å². The molecular formula is C21H32N2O2. The number of rotatable bonds is 7. The van der Waals surface area contributed by atoms with Crippen LogP contribution in [0.4, 0.5) is 0 Å². The fourth-order valence-electron chi connectivity index (χ4n) is 3.98. The summed E-state index contributed by atoms with van der Waals surface area (Å²) in [6, 6.07) is 10.7. The van der Waals surface area contributed by atoms with E-state index in [1.807, 2.05) is 18.2 Å². The van der Waals surface area contributed by atoms with Gasteiger partial charge >= 0.3 is 0 Å². The van der Waals surface area contributed by atoms with Gasteiger partial charge < -0.3 is 14.5 Å². The Morgan fingerprint density at radius 1 is 1.08 bits per heavy atom. The van der Waals surface area contributed by atoms with Crippen LogP contribution in [0.3, 0.4) is 0 Å². The van der Waals surface area contributed by atoms with Crippen molar-refractivity contribution in [3.63, 3.8) is 0 Å². The number of likely N-dealkylation sites (tertiary alicyclic amines) is 1. The van der Waals surface area contributed by atoms with Crippen molar-refractivity contribution < 1.29 is 9.53 Å². The minimum Gasteiger partial charge on any atom is -0.381 e. The summed E-state index contributed by atoms with van der Waals surface area (Å²) in [7, 11) is 0. The van der Waals surface area contributed by atoms with Gasteiger partial charge in [-0.3, -0.25) is 4.79 Å². The highest BCUT2D eigenvalue weighted by atomic mass is 16.5. The van der Waals surface area contributed by atoms with Crippen LogP contribution in [0.15, 0.2) is 30.3 Å². The van der Waals surface area contributed by atoms with Crippen LogP contribution in [0.2, 0.25) is 0 Å². The third kappa shape index (κ3) is 5.82. The quantitative estimate of drug-likeness (QED) is 0.762. The molecule has 2 fully saturated rings. The van der Waals surface area contributed by atoms with Crippen LogP contribution < -0.4 is 0 Å². The first-order chi connectivity index (χ1) is 12.3. The van der Waals surface area contributed by atoms with Crippen LogP contribution in [-0.4, -0.2) is 61.1 Å². The van der Waals surface area contributed by atoms with Crippen molar-refractivity contribution in [2.24, 2.45) is 0 Å². The van der Waals surface area contributed by atoms with E-state index < -0.39 is 0 Å². The number of hydrogen-bond acceptors (Lipinski definition) is 3. The number of aryl methyl sites for hydroxylation is 1. The first-order valence-corrected chi connectivity index (χ1v) is 9.96. The maximum atomic E-state index is 13.0. The SMILES string of the molecule is O=C(CCc1ccccc1)N(CCN1CCCCC1)C1CCOCC1. The van der Waals surface area contributed by atoms with E-state index in [1.165, 1.54) is 37.9 Å². The van der Waals surface area contributed by atoms with Crippen LogP contribution in [0.5, 0.6) is 0 Å². The van der Waals surface area contributed by atoms with E-state index in [-0.39, 0.29) is 0 Å². The highest BCUT2D eigenvalue weighted by Crippen LogP contribution is 2.17. The van der Waals surface area contributed by atoms with Crippen LogP contribution in [0.1, 0.15) is 44.1 Å². The molecule has 3 rings (SSSR count). The topological polar surface area (TPSA) is 32.8 Å². The van der Waals surface area contributed by atoms with Gasteiger partial charge in [-0.25, -0.2) is 0 Å². The Labute approximate surface area is 152 Å². The zero-order chi connectivity index (χ0) is 17.3. The molecule has 0 spiro atoms. The average molecular weight is 344 g/mol. The van der Waals surface area contributed by atoms with Crippen molar-refractivity contribution in [2.45, 2.75) is 51.0 Å². The zero-order valence-electron chi connectivity index (χ0n) is 15.4. The first kappa shape index (κ1) is 18.4. The van der Waals surface area contributed by atoms with Crippen molar-refractivity contribution in [3.8, 4) is 0 Å². The Morgan fingerprint density at radius 3 is 2.52 bits per heavy atom. The maximum absolute atomic E-state index is 13.0. The van der Waals surface area contributed by atoms with E-state index in [2.05, 4.69) is 21.9 Å². The van der Waals surface area contributed by atoms with Gasteiger partial charge in [0.25, 0.3) is 0 Å². The molecule has 0 radical (unpaired) electrons. The Balaban J connectivity index is 1.55. The molecule has 0 aromatic heterocycles. The molecule has 2 saturated heterocycles. The third-order valence-electron chi connectivity index (χ3n) is 5.53. The standard InChI is InChI=1S/C21H32N2O2/c24-21(10-9-19-7-3-1-4-8-19)23(20-11-17-25-18-12-20)16-15-22-13-5-2-6-14-22/h1,3-4,7-8,20H,2,5-6,9-18H2. The second kappa shape index (κ2) is 9.93. The van der Waals surface area contributed by atoms with Crippen molar-refractivity contribution in [1.82, 2.24) is 9.80 Å². The lowest BCUT2D eigenvalue weighted by Crippen LogP contribution is -2.47. The largest absolute Gasteiger partial charge is 0.381 e. The molecule has 1 amide bonds. The molecule has 0 saturated carbocycles. The number of benzene rings is 1. The molecule has 2 heterocycles. The molecule has 2 aliphatic rings. The fraction of sp³-hybridized carbons (Fsp3) is 0.667. The molecule has 2 aliphatic heterocycles. The molecule has 0 aliphatic carbocycles. The first-order valence-electron chi connectivity index (χ1n) is 9.96. The number of carbonyl (C=O) groups excluding carboxylic acids is 1. The van der Waals surface area contributed by atoms with E-state index in [0.29, 0.717) is 18.4 Å². The van der Waals surface area contributed by atoms with E-state index in [9.17, 15) is 4.79 Å². The lowest BCUT2D eigenvalue weighted by molar-refractivity contribution is -0.135. The smallest absolute Gasteiger partial charge is 0.223 e. The molecule has 1 aromatic carbocycles. The molecular weight excluding hydrogens is 312 g/mol. The Bertz CT molecular complexity index is 508. The van der Waals surface area contributed by atoms with E-state index >= 15 is 0 Å². The summed E-state index contributed by atoms with van der Waals surface area (Å²) < 4.78 is 5.50. The predicted molar refractivity (Wildman–Crippen MR) is 101 cm³/mol. The van der Waals surface area contributed by atoms with Crippen molar-refractivity contribution in [2.75, 3.05) is 39.4 Å². The number of piperidine rings is 1. The summed E-state index contributed by atoms with van der Waals surface area (Å²) in [5.74, 6) is 0.313. The molecule has 138 valence electrons.